The molecule has 2 rings (SSSR count). The molecule has 0 saturated carbocycles. The maximum absolute atomic E-state index is 13.6. The molecule has 7 heteroatoms. The smallest absolute Gasteiger partial charge is 0.337 e. The zero-order valence-electron chi connectivity index (χ0n) is 9.89. The van der Waals surface area contributed by atoms with Crippen molar-refractivity contribution in [2.45, 2.75) is 6.42 Å². The van der Waals surface area contributed by atoms with Gasteiger partial charge in [-0.05, 0) is 12.1 Å². The first-order valence-electron chi connectivity index (χ1n) is 5.52. The number of carbonyl (C=O) groups is 1. The van der Waals surface area contributed by atoms with Crippen LogP contribution in [0, 0.1) is 5.82 Å². The molecule has 1 aromatic carbocycles. The molecule has 19 heavy (non-hydrogen) atoms. The molecule has 0 bridgehead atoms. The number of aromatic carboxylic acids is 1. The Bertz CT molecular complexity index is 587. The number of halogens is 1. The third kappa shape index (κ3) is 3.19. The van der Waals surface area contributed by atoms with Crippen LogP contribution in [-0.4, -0.2) is 22.6 Å². The maximum Gasteiger partial charge on any atom is 0.337 e. The molecular formula is C12H12FN3O2S. The Labute approximate surface area is 112 Å². The molecule has 0 aliphatic heterocycles. The first-order chi connectivity index (χ1) is 9.08. The van der Waals surface area contributed by atoms with E-state index in [0.29, 0.717) is 13.0 Å². The molecule has 0 radical (unpaired) electrons. The number of anilines is 2. The van der Waals surface area contributed by atoms with E-state index in [1.54, 1.807) is 6.20 Å². The van der Waals surface area contributed by atoms with Crippen molar-refractivity contribution in [2.24, 2.45) is 0 Å². The fraction of sp³-hybridized carbons (Fsp3) is 0.167. The van der Waals surface area contributed by atoms with Crippen molar-refractivity contribution >= 4 is 28.7 Å². The molecular weight excluding hydrogens is 269 g/mol. The standard InChI is InChI=1S/C12H12FN3O2S/c13-8-6-9(14)7(12(17)18)5-10(8)15-2-1-11-16-3-4-19-11/h3-6,15H,1-2,14H2,(H,17,18). The van der Waals surface area contributed by atoms with Gasteiger partial charge in [0.05, 0.1) is 16.3 Å². The van der Waals surface area contributed by atoms with Gasteiger partial charge >= 0.3 is 5.97 Å². The van der Waals surface area contributed by atoms with E-state index in [-0.39, 0.29) is 16.9 Å². The van der Waals surface area contributed by atoms with E-state index in [1.165, 1.54) is 17.4 Å². The summed E-state index contributed by atoms with van der Waals surface area (Å²) in [5.41, 5.74) is 5.37. The predicted molar refractivity (Wildman–Crippen MR) is 72.1 cm³/mol. The second kappa shape index (κ2) is 5.66. The van der Waals surface area contributed by atoms with Crippen molar-refractivity contribution < 1.29 is 14.3 Å². The third-order valence-electron chi connectivity index (χ3n) is 2.51. The van der Waals surface area contributed by atoms with Crippen molar-refractivity contribution in [2.75, 3.05) is 17.6 Å². The SMILES string of the molecule is Nc1cc(F)c(NCCc2nccs2)cc1C(=O)O. The number of carboxylic acid groups (broad SMARTS) is 1. The number of nitrogens with zero attached hydrogens (tertiary/aromatic N) is 1. The van der Waals surface area contributed by atoms with Crippen molar-refractivity contribution in [1.82, 2.24) is 4.98 Å². The van der Waals surface area contributed by atoms with Gasteiger partial charge in [0.25, 0.3) is 0 Å². The van der Waals surface area contributed by atoms with Gasteiger partial charge in [0.15, 0.2) is 0 Å². The highest BCUT2D eigenvalue weighted by molar-refractivity contribution is 7.09. The predicted octanol–water partition coefficient (Wildman–Crippen LogP) is 2.22. The minimum Gasteiger partial charge on any atom is -0.478 e. The fourth-order valence-corrected chi connectivity index (χ4v) is 2.21. The van der Waals surface area contributed by atoms with E-state index in [9.17, 15) is 9.18 Å². The normalized spacial score (nSPS) is 10.4. The summed E-state index contributed by atoms with van der Waals surface area (Å²) in [7, 11) is 0. The highest BCUT2D eigenvalue weighted by Gasteiger charge is 2.13. The van der Waals surface area contributed by atoms with Crippen LogP contribution in [0.15, 0.2) is 23.7 Å². The molecule has 0 unspecified atom stereocenters. The molecule has 4 N–H and O–H groups in total. The third-order valence-corrected chi connectivity index (χ3v) is 3.35. The van der Waals surface area contributed by atoms with Gasteiger partial charge in [0, 0.05) is 30.2 Å². The lowest BCUT2D eigenvalue weighted by Gasteiger charge is -2.09. The van der Waals surface area contributed by atoms with Gasteiger partial charge in [-0.1, -0.05) is 0 Å². The van der Waals surface area contributed by atoms with E-state index < -0.39 is 11.8 Å². The Morgan fingerprint density at radius 1 is 1.53 bits per heavy atom. The van der Waals surface area contributed by atoms with Crippen molar-refractivity contribution in [3.63, 3.8) is 0 Å². The Hall–Kier alpha value is -2.15. The van der Waals surface area contributed by atoms with Crippen LogP contribution in [0.2, 0.25) is 0 Å². The second-order valence-corrected chi connectivity index (χ2v) is 4.81. The first kappa shape index (κ1) is 13.3. The number of nitrogen functional groups attached to an aromatic ring is 1. The number of hydrogen-bond acceptors (Lipinski definition) is 5. The average Bonchev–Trinajstić information content (AvgIpc) is 2.84. The van der Waals surface area contributed by atoms with Crippen LogP contribution in [0.4, 0.5) is 15.8 Å². The molecule has 0 spiro atoms. The van der Waals surface area contributed by atoms with E-state index in [1.807, 2.05) is 5.38 Å². The summed E-state index contributed by atoms with van der Waals surface area (Å²) in [6.45, 7) is 0.466. The van der Waals surface area contributed by atoms with Crippen LogP contribution in [-0.2, 0) is 6.42 Å². The van der Waals surface area contributed by atoms with Crippen LogP contribution in [0.25, 0.3) is 0 Å². The lowest BCUT2D eigenvalue weighted by Crippen LogP contribution is -2.09. The van der Waals surface area contributed by atoms with E-state index in [0.717, 1.165) is 11.1 Å². The molecule has 1 heterocycles. The van der Waals surface area contributed by atoms with Gasteiger partial charge in [-0.2, -0.15) is 0 Å². The maximum atomic E-state index is 13.6. The van der Waals surface area contributed by atoms with Gasteiger partial charge in [0.1, 0.15) is 5.82 Å². The fourth-order valence-electron chi connectivity index (χ4n) is 1.59. The number of nitrogens with two attached hydrogens (primary N) is 1. The average molecular weight is 281 g/mol. The largest absolute Gasteiger partial charge is 0.478 e. The molecule has 0 aliphatic carbocycles. The van der Waals surface area contributed by atoms with Crippen molar-refractivity contribution in [1.29, 1.82) is 0 Å². The van der Waals surface area contributed by atoms with Crippen LogP contribution in [0.3, 0.4) is 0 Å². The Balaban J connectivity index is 2.07. The summed E-state index contributed by atoms with van der Waals surface area (Å²) in [5.74, 6) is -1.75. The first-order valence-corrected chi connectivity index (χ1v) is 6.40. The van der Waals surface area contributed by atoms with Crippen molar-refractivity contribution in [3.05, 3.63) is 40.1 Å². The number of thiazole rings is 1. The minimum atomic E-state index is -1.18. The van der Waals surface area contributed by atoms with E-state index >= 15 is 0 Å². The van der Waals surface area contributed by atoms with Crippen LogP contribution < -0.4 is 11.1 Å². The quantitative estimate of drug-likeness (QED) is 0.731. The second-order valence-electron chi connectivity index (χ2n) is 3.83. The van der Waals surface area contributed by atoms with Gasteiger partial charge in [-0.3, -0.25) is 0 Å². The lowest BCUT2D eigenvalue weighted by atomic mass is 10.1. The topological polar surface area (TPSA) is 88.2 Å². The summed E-state index contributed by atoms with van der Waals surface area (Å²) in [6.07, 6.45) is 2.34. The van der Waals surface area contributed by atoms with Crippen molar-refractivity contribution in [3.8, 4) is 0 Å². The summed E-state index contributed by atoms with van der Waals surface area (Å²) in [4.78, 5) is 15.0. The van der Waals surface area contributed by atoms with Gasteiger partial charge < -0.3 is 16.2 Å². The molecule has 2 aromatic rings. The zero-order valence-corrected chi connectivity index (χ0v) is 10.7. The Kier molecular flexibility index (Phi) is 3.96. The summed E-state index contributed by atoms with van der Waals surface area (Å²) in [5, 5.41) is 14.6. The molecule has 0 saturated heterocycles. The molecule has 0 fully saturated rings. The summed E-state index contributed by atoms with van der Waals surface area (Å²) in [6, 6.07) is 2.21. The number of rotatable bonds is 5. The van der Waals surface area contributed by atoms with E-state index in [2.05, 4.69) is 10.3 Å². The monoisotopic (exact) mass is 281 g/mol. The number of nitrogens with one attached hydrogen (secondary N) is 1. The van der Waals surface area contributed by atoms with Gasteiger partial charge in [-0.25, -0.2) is 14.2 Å². The molecule has 0 amide bonds. The Morgan fingerprint density at radius 3 is 2.95 bits per heavy atom. The molecule has 5 nitrogen and oxygen atoms in total. The number of hydrogen-bond donors (Lipinski definition) is 3. The lowest BCUT2D eigenvalue weighted by molar-refractivity contribution is 0.0698. The number of carboxylic acids is 1. The molecule has 100 valence electrons. The molecule has 0 atom stereocenters. The Morgan fingerprint density at radius 2 is 2.32 bits per heavy atom. The van der Waals surface area contributed by atoms with E-state index in [4.69, 9.17) is 10.8 Å². The molecule has 1 aromatic heterocycles. The number of aromatic nitrogens is 1. The zero-order chi connectivity index (χ0) is 13.8. The highest BCUT2D eigenvalue weighted by Crippen LogP contribution is 2.22. The number of benzene rings is 1. The molecule has 0 aliphatic rings. The minimum absolute atomic E-state index is 0.0875. The summed E-state index contributed by atoms with van der Waals surface area (Å²) < 4.78 is 13.6. The van der Waals surface area contributed by atoms with Gasteiger partial charge in [0.2, 0.25) is 0 Å². The van der Waals surface area contributed by atoms with Crippen LogP contribution >= 0.6 is 11.3 Å². The van der Waals surface area contributed by atoms with Crippen LogP contribution in [0.5, 0.6) is 0 Å². The van der Waals surface area contributed by atoms with Crippen LogP contribution in [0.1, 0.15) is 15.4 Å². The van der Waals surface area contributed by atoms with Gasteiger partial charge in [-0.15, -0.1) is 11.3 Å². The summed E-state index contributed by atoms with van der Waals surface area (Å²) >= 11 is 1.51. The highest BCUT2D eigenvalue weighted by atomic mass is 32.1.